The molecular weight excluding hydrogens is 478 g/mol. The van der Waals surface area contributed by atoms with E-state index in [4.69, 9.17) is 9.47 Å². The predicted octanol–water partition coefficient (Wildman–Crippen LogP) is 4.15. The maximum absolute atomic E-state index is 13.6. The minimum atomic E-state index is -0.368. The Morgan fingerprint density at radius 1 is 1.08 bits per heavy atom. The first-order valence-electron chi connectivity index (χ1n) is 11.9. The first-order chi connectivity index (χ1) is 17.5. The predicted molar refractivity (Wildman–Crippen MR) is 136 cm³/mol. The summed E-state index contributed by atoms with van der Waals surface area (Å²) in [5.74, 6) is 0.294. The molecule has 1 atom stereocenters. The minimum Gasteiger partial charge on any atom is -0.454 e. The molecular formula is C27H25N3O5S. The van der Waals surface area contributed by atoms with Crippen molar-refractivity contribution in [2.45, 2.75) is 19.4 Å². The highest BCUT2D eigenvalue weighted by Crippen LogP contribution is 2.40. The fourth-order valence-electron chi connectivity index (χ4n) is 5.21. The van der Waals surface area contributed by atoms with E-state index in [1.54, 1.807) is 46.6 Å². The molecule has 1 saturated heterocycles. The molecule has 2 aromatic carbocycles. The molecule has 0 bridgehead atoms. The van der Waals surface area contributed by atoms with Crippen molar-refractivity contribution in [2.75, 3.05) is 36.7 Å². The van der Waals surface area contributed by atoms with E-state index in [-0.39, 0.29) is 30.4 Å². The van der Waals surface area contributed by atoms with Gasteiger partial charge in [0.15, 0.2) is 11.5 Å². The summed E-state index contributed by atoms with van der Waals surface area (Å²) in [5, 5.41) is 2.01. The van der Waals surface area contributed by atoms with Crippen LogP contribution in [0.15, 0.2) is 53.9 Å². The summed E-state index contributed by atoms with van der Waals surface area (Å²) in [7, 11) is 1.84. The molecule has 0 radical (unpaired) electrons. The number of thiophene rings is 1. The highest BCUT2D eigenvalue weighted by Gasteiger charge is 2.41. The lowest BCUT2D eigenvalue weighted by molar-refractivity contribution is -0.135. The summed E-state index contributed by atoms with van der Waals surface area (Å²) >= 11 is 1.64. The average molecular weight is 504 g/mol. The van der Waals surface area contributed by atoms with Gasteiger partial charge in [0.1, 0.15) is 0 Å². The van der Waals surface area contributed by atoms with Gasteiger partial charge >= 0.3 is 0 Å². The number of fused-ring (bicyclic) bond motifs is 2. The number of nitrogens with zero attached hydrogens (tertiary/aromatic N) is 3. The van der Waals surface area contributed by atoms with Gasteiger partial charge in [-0.25, -0.2) is 4.90 Å². The lowest BCUT2D eigenvalue weighted by Gasteiger charge is -2.36. The number of rotatable bonds is 5. The van der Waals surface area contributed by atoms with Gasteiger partial charge in [0.05, 0.1) is 35.0 Å². The van der Waals surface area contributed by atoms with Crippen molar-refractivity contribution >= 4 is 40.4 Å². The molecule has 1 fully saturated rings. The largest absolute Gasteiger partial charge is 0.454 e. The standard InChI is InChI=1S/C27H25N3O5S/c1-28(15-19-6-4-12-36-19)25(31)17-5-3-11-29(14-17)21-8-2-7-20-24(21)27(33)30(26(20)32)18-9-10-22-23(13-18)35-16-34-22/h2,4,6-10,12-13,17H,3,5,11,14-16H2,1H3. The second-order valence-corrected chi connectivity index (χ2v) is 10.3. The molecule has 4 heterocycles. The Morgan fingerprint density at radius 3 is 2.78 bits per heavy atom. The lowest BCUT2D eigenvalue weighted by atomic mass is 9.95. The van der Waals surface area contributed by atoms with Crippen LogP contribution in [0.4, 0.5) is 11.4 Å². The molecule has 6 rings (SSSR count). The van der Waals surface area contributed by atoms with E-state index >= 15 is 0 Å². The van der Waals surface area contributed by atoms with Crippen molar-refractivity contribution < 1.29 is 23.9 Å². The normalized spacial score (nSPS) is 18.5. The summed E-state index contributed by atoms with van der Waals surface area (Å²) < 4.78 is 10.8. The van der Waals surface area contributed by atoms with Gasteiger partial charge in [-0.3, -0.25) is 14.4 Å². The molecule has 3 aromatic rings. The van der Waals surface area contributed by atoms with E-state index in [0.29, 0.717) is 47.1 Å². The molecule has 36 heavy (non-hydrogen) atoms. The van der Waals surface area contributed by atoms with Crippen molar-refractivity contribution in [3.8, 4) is 11.5 Å². The Balaban J connectivity index is 1.25. The SMILES string of the molecule is CN(Cc1cccs1)C(=O)C1CCCN(c2cccc3c2C(=O)N(c2ccc4c(c2)OCO4)C3=O)C1. The third kappa shape index (κ3) is 3.80. The summed E-state index contributed by atoms with van der Waals surface area (Å²) in [6.07, 6.45) is 1.64. The Bertz CT molecular complexity index is 1360. The summed E-state index contributed by atoms with van der Waals surface area (Å²) in [6, 6.07) is 14.4. The van der Waals surface area contributed by atoms with Crippen LogP contribution >= 0.6 is 11.3 Å². The van der Waals surface area contributed by atoms with E-state index in [1.807, 2.05) is 30.6 Å². The minimum absolute atomic E-state index is 0.102. The van der Waals surface area contributed by atoms with Crippen molar-refractivity contribution in [2.24, 2.45) is 5.92 Å². The van der Waals surface area contributed by atoms with Crippen LogP contribution in [0.25, 0.3) is 0 Å². The fraction of sp³-hybridized carbons (Fsp3) is 0.296. The number of benzene rings is 2. The molecule has 0 N–H and O–H groups in total. The van der Waals surface area contributed by atoms with Crippen molar-refractivity contribution in [1.82, 2.24) is 4.90 Å². The number of carbonyl (C=O) groups is 3. The molecule has 3 amide bonds. The number of ether oxygens (including phenoxy) is 2. The van der Waals surface area contributed by atoms with Crippen LogP contribution in [-0.4, -0.2) is 49.6 Å². The van der Waals surface area contributed by atoms with Gasteiger partial charge in [-0.15, -0.1) is 11.3 Å². The highest BCUT2D eigenvalue weighted by molar-refractivity contribution is 7.09. The van der Waals surface area contributed by atoms with Gasteiger partial charge in [-0.1, -0.05) is 12.1 Å². The molecule has 8 nitrogen and oxygen atoms in total. The van der Waals surface area contributed by atoms with Crippen LogP contribution in [0, 0.1) is 5.92 Å². The first kappa shape index (κ1) is 22.6. The highest BCUT2D eigenvalue weighted by atomic mass is 32.1. The quantitative estimate of drug-likeness (QED) is 0.487. The van der Waals surface area contributed by atoms with Gasteiger partial charge in [0, 0.05) is 31.1 Å². The number of amides is 3. The van der Waals surface area contributed by atoms with Gasteiger partial charge in [-0.05, 0) is 48.6 Å². The number of piperidine rings is 1. The second-order valence-electron chi connectivity index (χ2n) is 9.24. The molecule has 9 heteroatoms. The molecule has 3 aliphatic heterocycles. The second kappa shape index (κ2) is 8.98. The molecule has 0 saturated carbocycles. The topological polar surface area (TPSA) is 79.4 Å². The van der Waals surface area contributed by atoms with Crippen molar-refractivity contribution in [3.05, 3.63) is 69.9 Å². The van der Waals surface area contributed by atoms with Crippen LogP contribution < -0.4 is 19.3 Å². The molecule has 3 aliphatic rings. The van der Waals surface area contributed by atoms with Gasteiger partial charge in [0.2, 0.25) is 12.7 Å². The third-order valence-corrected chi connectivity index (χ3v) is 7.83. The number of anilines is 2. The number of hydrogen-bond donors (Lipinski definition) is 0. The first-order valence-corrected chi connectivity index (χ1v) is 12.8. The Kier molecular flexibility index (Phi) is 5.64. The van der Waals surface area contributed by atoms with E-state index in [2.05, 4.69) is 4.90 Å². The zero-order valence-electron chi connectivity index (χ0n) is 19.8. The number of imide groups is 1. The summed E-state index contributed by atoms with van der Waals surface area (Å²) in [5.41, 5.74) is 1.91. The van der Waals surface area contributed by atoms with Crippen LogP contribution in [0.1, 0.15) is 38.4 Å². The van der Waals surface area contributed by atoms with Crippen LogP contribution in [0.3, 0.4) is 0 Å². The lowest BCUT2D eigenvalue weighted by Crippen LogP contribution is -2.44. The van der Waals surface area contributed by atoms with Crippen molar-refractivity contribution in [1.29, 1.82) is 0 Å². The zero-order chi connectivity index (χ0) is 24.8. The van der Waals surface area contributed by atoms with Crippen LogP contribution in [0.5, 0.6) is 11.5 Å². The van der Waals surface area contributed by atoms with Gasteiger partial charge in [-0.2, -0.15) is 0 Å². The smallest absolute Gasteiger partial charge is 0.268 e. The van der Waals surface area contributed by atoms with Crippen molar-refractivity contribution in [3.63, 3.8) is 0 Å². The van der Waals surface area contributed by atoms with Crippen LogP contribution in [0.2, 0.25) is 0 Å². The zero-order valence-corrected chi connectivity index (χ0v) is 20.6. The summed E-state index contributed by atoms with van der Waals surface area (Å²) in [6.45, 7) is 1.93. The third-order valence-electron chi connectivity index (χ3n) is 6.97. The molecule has 0 spiro atoms. The summed E-state index contributed by atoms with van der Waals surface area (Å²) in [4.78, 5) is 46.4. The number of hydrogen-bond acceptors (Lipinski definition) is 7. The maximum Gasteiger partial charge on any atom is 0.268 e. The van der Waals surface area contributed by atoms with E-state index in [1.165, 1.54) is 4.90 Å². The molecule has 184 valence electrons. The fourth-order valence-corrected chi connectivity index (χ4v) is 5.97. The van der Waals surface area contributed by atoms with Crippen LogP contribution in [-0.2, 0) is 11.3 Å². The molecule has 0 aliphatic carbocycles. The van der Waals surface area contributed by atoms with E-state index < -0.39 is 0 Å². The molecule has 1 aromatic heterocycles. The average Bonchev–Trinajstić information content (AvgIpc) is 3.64. The Morgan fingerprint density at radius 2 is 1.94 bits per heavy atom. The number of carbonyl (C=O) groups excluding carboxylic acids is 3. The Hall–Kier alpha value is -3.85. The Labute approximate surface area is 212 Å². The van der Waals surface area contributed by atoms with Gasteiger partial charge < -0.3 is 19.3 Å². The van der Waals surface area contributed by atoms with E-state index in [9.17, 15) is 14.4 Å². The molecule has 1 unspecified atom stereocenters. The monoisotopic (exact) mass is 503 g/mol. The van der Waals surface area contributed by atoms with Gasteiger partial charge in [0.25, 0.3) is 11.8 Å². The van der Waals surface area contributed by atoms with E-state index in [0.717, 1.165) is 24.3 Å². The maximum atomic E-state index is 13.6.